The molecule has 3 rings (SSSR count). The smallest absolute Gasteiger partial charge is 0.303 e. The summed E-state index contributed by atoms with van der Waals surface area (Å²) in [5.41, 5.74) is 5.11. The highest BCUT2D eigenvalue weighted by Gasteiger charge is 2.17. The predicted molar refractivity (Wildman–Crippen MR) is 115 cm³/mol. The third kappa shape index (κ3) is 5.47. The first-order valence-corrected chi connectivity index (χ1v) is 10.1. The Morgan fingerprint density at radius 1 is 1.00 bits per heavy atom. The number of carbonyl (C=O) groups is 1. The lowest BCUT2D eigenvalue weighted by Crippen LogP contribution is -2.20. The molecule has 0 saturated heterocycles. The molecule has 0 unspecified atom stereocenters. The number of hydrogen-bond donors (Lipinski definition) is 2. The largest absolute Gasteiger partial charge is 0.481 e. The molecule has 0 aliphatic carbocycles. The van der Waals surface area contributed by atoms with E-state index in [0.29, 0.717) is 19.4 Å². The van der Waals surface area contributed by atoms with Crippen LogP contribution in [0.15, 0.2) is 59.4 Å². The number of carboxylic acids is 1. The number of aromatic nitrogens is 2. The molecular formula is C24H28N2O3. The van der Waals surface area contributed by atoms with Crippen LogP contribution < -0.4 is 5.56 Å². The van der Waals surface area contributed by atoms with Crippen molar-refractivity contribution < 1.29 is 9.90 Å². The van der Waals surface area contributed by atoms with Gasteiger partial charge in [-0.25, -0.2) is 4.68 Å². The number of benzene rings is 2. The van der Waals surface area contributed by atoms with Gasteiger partial charge < -0.3 is 5.11 Å². The Bertz CT molecular complexity index is 999. The van der Waals surface area contributed by atoms with E-state index in [-0.39, 0.29) is 17.9 Å². The fraction of sp³-hybridized carbons (Fsp3) is 0.333. The molecule has 5 heteroatoms. The van der Waals surface area contributed by atoms with Crippen molar-refractivity contribution in [3.05, 3.63) is 92.9 Å². The maximum Gasteiger partial charge on any atom is 0.303 e. The van der Waals surface area contributed by atoms with Gasteiger partial charge in [0.25, 0.3) is 5.56 Å². The minimum absolute atomic E-state index is 0.0306. The number of nitrogens with zero attached hydrogens (tertiary/aromatic N) is 1. The molecule has 0 saturated carbocycles. The second-order valence-corrected chi connectivity index (χ2v) is 7.78. The van der Waals surface area contributed by atoms with E-state index in [2.05, 4.69) is 18.9 Å². The Hall–Kier alpha value is -3.08. The highest BCUT2D eigenvalue weighted by atomic mass is 16.4. The molecule has 2 aromatic carbocycles. The van der Waals surface area contributed by atoms with Gasteiger partial charge in [0, 0.05) is 24.1 Å². The number of aliphatic carboxylic acids is 1. The predicted octanol–water partition coefficient (Wildman–Crippen LogP) is 4.35. The number of hydrogen-bond acceptors (Lipinski definition) is 2. The van der Waals surface area contributed by atoms with Crippen LogP contribution in [0.3, 0.4) is 0 Å². The summed E-state index contributed by atoms with van der Waals surface area (Å²) < 4.78 is 1.69. The molecule has 1 heterocycles. The Morgan fingerprint density at radius 2 is 1.66 bits per heavy atom. The average molecular weight is 392 g/mol. The van der Waals surface area contributed by atoms with Crippen LogP contribution in [0.2, 0.25) is 0 Å². The van der Waals surface area contributed by atoms with Gasteiger partial charge in [0.15, 0.2) is 0 Å². The molecule has 0 spiro atoms. The van der Waals surface area contributed by atoms with Crippen LogP contribution in [0.4, 0.5) is 0 Å². The van der Waals surface area contributed by atoms with Crippen molar-refractivity contribution in [2.45, 2.75) is 52.0 Å². The maximum absolute atomic E-state index is 13.1. The maximum atomic E-state index is 13.1. The van der Waals surface area contributed by atoms with E-state index in [1.54, 1.807) is 4.68 Å². The molecule has 0 aliphatic rings. The highest BCUT2D eigenvalue weighted by molar-refractivity contribution is 5.66. The first-order chi connectivity index (χ1) is 13.9. The van der Waals surface area contributed by atoms with Gasteiger partial charge in [0.05, 0.1) is 6.54 Å². The zero-order valence-electron chi connectivity index (χ0n) is 17.0. The van der Waals surface area contributed by atoms with Crippen LogP contribution in [0.25, 0.3) is 0 Å². The number of rotatable bonds is 9. The molecule has 2 N–H and O–H groups in total. The van der Waals surface area contributed by atoms with Gasteiger partial charge in [0.1, 0.15) is 0 Å². The number of carboxylic acid groups (broad SMARTS) is 1. The zero-order chi connectivity index (χ0) is 20.8. The van der Waals surface area contributed by atoms with E-state index in [1.807, 2.05) is 54.6 Å². The summed E-state index contributed by atoms with van der Waals surface area (Å²) in [6.07, 6.45) is 2.15. The minimum atomic E-state index is -0.762. The molecular weight excluding hydrogens is 364 g/mol. The zero-order valence-corrected chi connectivity index (χ0v) is 17.0. The van der Waals surface area contributed by atoms with Crippen molar-refractivity contribution >= 4 is 5.97 Å². The summed E-state index contributed by atoms with van der Waals surface area (Å²) in [6.45, 7) is 4.71. The topological polar surface area (TPSA) is 75.1 Å². The SMILES string of the molecule is CC(C)c1[nH]n(Cc2ccccc2)c(=O)c1Cc1ccc(CCCC(=O)O)cc1. The number of aromatic amines is 1. The third-order valence-corrected chi connectivity index (χ3v) is 5.10. The fourth-order valence-corrected chi connectivity index (χ4v) is 3.54. The van der Waals surface area contributed by atoms with Gasteiger partial charge in [-0.05, 0) is 35.4 Å². The van der Waals surface area contributed by atoms with Crippen LogP contribution >= 0.6 is 0 Å². The highest BCUT2D eigenvalue weighted by Crippen LogP contribution is 2.19. The fourth-order valence-electron chi connectivity index (χ4n) is 3.54. The summed E-state index contributed by atoms with van der Waals surface area (Å²) in [5.74, 6) is -0.535. The molecule has 0 aliphatic heterocycles. The molecule has 5 nitrogen and oxygen atoms in total. The van der Waals surface area contributed by atoms with E-state index >= 15 is 0 Å². The van der Waals surface area contributed by atoms with Crippen molar-refractivity contribution in [2.24, 2.45) is 0 Å². The van der Waals surface area contributed by atoms with Gasteiger partial charge in [-0.15, -0.1) is 0 Å². The quantitative estimate of drug-likeness (QED) is 0.569. The van der Waals surface area contributed by atoms with Crippen molar-refractivity contribution in [2.75, 3.05) is 0 Å². The first-order valence-electron chi connectivity index (χ1n) is 10.1. The molecule has 0 bridgehead atoms. The monoisotopic (exact) mass is 392 g/mol. The lowest BCUT2D eigenvalue weighted by atomic mass is 9.98. The lowest BCUT2D eigenvalue weighted by Gasteiger charge is -2.07. The summed E-state index contributed by atoms with van der Waals surface area (Å²) in [4.78, 5) is 23.7. The van der Waals surface area contributed by atoms with Crippen LogP contribution in [-0.4, -0.2) is 20.9 Å². The summed E-state index contributed by atoms with van der Waals surface area (Å²) >= 11 is 0. The molecule has 0 fully saturated rings. The van der Waals surface area contributed by atoms with Crippen LogP contribution in [0.5, 0.6) is 0 Å². The van der Waals surface area contributed by atoms with E-state index in [1.165, 1.54) is 0 Å². The van der Waals surface area contributed by atoms with Gasteiger partial charge in [-0.2, -0.15) is 0 Å². The minimum Gasteiger partial charge on any atom is -0.481 e. The third-order valence-electron chi connectivity index (χ3n) is 5.10. The normalized spacial score (nSPS) is 11.1. The van der Waals surface area contributed by atoms with Gasteiger partial charge in [-0.1, -0.05) is 68.4 Å². The molecule has 29 heavy (non-hydrogen) atoms. The van der Waals surface area contributed by atoms with Crippen molar-refractivity contribution in [3.63, 3.8) is 0 Å². The molecule has 1 aromatic heterocycles. The summed E-state index contributed by atoms with van der Waals surface area (Å²) in [7, 11) is 0. The van der Waals surface area contributed by atoms with Gasteiger partial charge in [0.2, 0.25) is 0 Å². The van der Waals surface area contributed by atoms with Crippen molar-refractivity contribution in [1.82, 2.24) is 9.78 Å². The Balaban J connectivity index is 1.77. The van der Waals surface area contributed by atoms with E-state index in [9.17, 15) is 9.59 Å². The number of H-pyrrole nitrogens is 1. The van der Waals surface area contributed by atoms with Crippen LogP contribution in [0.1, 0.15) is 60.6 Å². The van der Waals surface area contributed by atoms with E-state index in [0.717, 1.165) is 34.4 Å². The first kappa shape index (κ1) is 20.6. The van der Waals surface area contributed by atoms with Gasteiger partial charge in [-0.3, -0.25) is 14.7 Å². The molecule has 3 aromatic rings. The number of aryl methyl sites for hydroxylation is 1. The lowest BCUT2D eigenvalue weighted by molar-refractivity contribution is -0.137. The molecule has 0 amide bonds. The van der Waals surface area contributed by atoms with Crippen LogP contribution in [-0.2, 0) is 24.2 Å². The Morgan fingerprint density at radius 3 is 2.28 bits per heavy atom. The second-order valence-electron chi connectivity index (χ2n) is 7.78. The van der Waals surface area contributed by atoms with Gasteiger partial charge >= 0.3 is 5.97 Å². The standard InChI is InChI=1S/C24H28N2O3/c1-17(2)23-21(24(29)26(25-23)16-20-7-4-3-5-8-20)15-19-13-11-18(12-14-19)9-6-10-22(27)28/h3-5,7-8,11-14,17,25H,6,9-10,15-16H2,1-2H3,(H,27,28). The Kier molecular flexibility index (Phi) is 6.70. The van der Waals surface area contributed by atoms with E-state index < -0.39 is 5.97 Å². The average Bonchev–Trinajstić information content (AvgIpc) is 3.00. The molecule has 0 radical (unpaired) electrons. The molecule has 0 atom stereocenters. The van der Waals surface area contributed by atoms with Crippen molar-refractivity contribution in [3.8, 4) is 0 Å². The van der Waals surface area contributed by atoms with Crippen LogP contribution in [0, 0.1) is 0 Å². The second kappa shape index (κ2) is 9.41. The van der Waals surface area contributed by atoms with E-state index in [4.69, 9.17) is 5.11 Å². The number of nitrogens with one attached hydrogen (secondary N) is 1. The Labute approximate surface area is 171 Å². The summed E-state index contributed by atoms with van der Waals surface area (Å²) in [5, 5.41) is 12.1. The molecule has 152 valence electrons. The van der Waals surface area contributed by atoms with Crippen molar-refractivity contribution in [1.29, 1.82) is 0 Å². The summed E-state index contributed by atoms with van der Waals surface area (Å²) in [6, 6.07) is 18.1.